The number of hydrogen-bond acceptors (Lipinski definition) is 5. The Morgan fingerprint density at radius 1 is 1.83 bits per heavy atom. The number of rotatable bonds is 3. The van der Waals surface area contributed by atoms with Crippen LogP contribution in [0.15, 0.2) is 15.8 Å². The first-order chi connectivity index (χ1) is 5.77. The highest BCUT2D eigenvalue weighted by atomic mass is 32.2. The van der Waals surface area contributed by atoms with E-state index in [2.05, 4.69) is 9.72 Å². The molecule has 0 unspecified atom stereocenters. The highest BCUT2D eigenvalue weighted by molar-refractivity contribution is 7.99. The van der Waals surface area contributed by atoms with Gasteiger partial charge in [-0.15, -0.1) is 0 Å². The van der Waals surface area contributed by atoms with Crippen LogP contribution in [0.4, 0.5) is 0 Å². The first-order valence-corrected chi connectivity index (χ1v) is 4.43. The van der Waals surface area contributed by atoms with Gasteiger partial charge in [0.05, 0.1) is 13.3 Å². The molecule has 0 spiro atoms. The van der Waals surface area contributed by atoms with Crippen molar-refractivity contribution in [1.82, 2.24) is 4.98 Å². The molecular formula is C7H9NO3S. The van der Waals surface area contributed by atoms with Gasteiger partial charge in [0.2, 0.25) is 5.76 Å². The highest BCUT2D eigenvalue weighted by Gasteiger charge is 2.11. The summed E-state index contributed by atoms with van der Waals surface area (Å²) >= 11 is 1.44. The van der Waals surface area contributed by atoms with Gasteiger partial charge in [-0.1, -0.05) is 18.7 Å². The standard InChI is InChI=1S/C7H9NO3S/c1-3-12-7-8-4-5(11-7)6(9)10-2/h4H,3H2,1-2H3. The summed E-state index contributed by atoms with van der Waals surface area (Å²) in [7, 11) is 1.30. The maximum absolute atomic E-state index is 10.9. The molecule has 4 nitrogen and oxygen atoms in total. The fourth-order valence-corrected chi connectivity index (χ4v) is 1.17. The van der Waals surface area contributed by atoms with Crippen molar-refractivity contribution < 1.29 is 13.9 Å². The first-order valence-electron chi connectivity index (χ1n) is 3.45. The predicted molar refractivity (Wildman–Crippen MR) is 44.2 cm³/mol. The van der Waals surface area contributed by atoms with Gasteiger partial charge in [0.15, 0.2) is 0 Å². The third-order valence-electron chi connectivity index (χ3n) is 1.14. The van der Waals surface area contributed by atoms with Crippen molar-refractivity contribution in [1.29, 1.82) is 0 Å². The Morgan fingerprint density at radius 2 is 2.58 bits per heavy atom. The summed E-state index contributed by atoms with van der Waals surface area (Å²) < 4.78 is 9.50. The molecule has 1 aromatic heterocycles. The lowest BCUT2D eigenvalue weighted by Crippen LogP contribution is -1.98. The maximum atomic E-state index is 10.9. The van der Waals surface area contributed by atoms with E-state index in [1.807, 2.05) is 6.92 Å². The van der Waals surface area contributed by atoms with Crippen molar-refractivity contribution in [2.75, 3.05) is 12.9 Å². The molecule has 0 saturated heterocycles. The molecular weight excluding hydrogens is 178 g/mol. The van der Waals surface area contributed by atoms with Crippen LogP contribution in [-0.4, -0.2) is 23.8 Å². The van der Waals surface area contributed by atoms with Gasteiger partial charge < -0.3 is 9.15 Å². The van der Waals surface area contributed by atoms with E-state index in [1.54, 1.807) is 0 Å². The largest absolute Gasteiger partial charge is 0.463 e. The molecule has 1 rings (SSSR count). The van der Waals surface area contributed by atoms with Gasteiger partial charge in [-0.2, -0.15) is 0 Å². The SMILES string of the molecule is CCSc1ncc(C(=O)OC)o1. The number of oxazole rings is 1. The van der Waals surface area contributed by atoms with Crippen molar-refractivity contribution in [3.05, 3.63) is 12.0 Å². The molecule has 5 heteroatoms. The van der Waals surface area contributed by atoms with Crippen LogP contribution in [0.25, 0.3) is 0 Å². The molecule has 0 saturated carbocycles. The van der Waals surface area contributed by atoms with Gasteiger partial charge in [-0.3, -0.25) is 0 Å². The Hall–Kier alpha value is -0.970. The summed E-state index contributed by atoms with van der Waals surface area (Å²) in [5, 5.41) is 0.498. The summed E-state index contributed by atoms with van der Waals surface area (Å²) in [6, 6.07) is 0. The Morgan fingerprint density at radius 3 is 3.17 bits per heavy atom. The summed E-state index contributed by atoms with van der Waals surface area (Å²) in [5.74, 6) is 0.514. The minimum Gasteiger partial charge on any atom is -0.463 e. The Balaban J connectivity index is 2.70. The van der Waals surface area contributed by atoms with E-state index >= 15 is 0 Å². The number of ether oxygens (including phenoxy) is 1. The molecule has 0 amide bonds. The number of methoxy groups -OCH3 is 1. The van der Waals surface area contributed by atoms with Crippen LogP contribution in [0, 0.1) is 0 Å². The molecule has 0 N–H and O–H groups in total. The number of esters is 1. The molecule has 0 aliphatic carbocycles. The zero-order chi connectivity index (χ0) is 8.97. The summed E-state index contributed by atoms with van der Waals surface area (Å²) in [5.41, 5.74) is 0. The Kier molecular flexibility index (Phi) is 3.16. The van der Waals surface area contributed by atoms with Crippen LogP contribution in [0.3, 0.4) is 0 Å². The van der Waals surface area contributed by atoms with E-state index in [0.29, 0.717) is 5.22 Å². The molecule has 0 bridgehead atoms. The topological polar surface area (TPSA) is 52.3 Å². The molecule has 1 aromatic rings. The van der Waals surface area contributed by atoms with Gasteiger partial charge in [-0.05, 0) is 5.75 Å². The van der Waals surface area contributed by atoms with Crippen LogP contribution >= 0.6 is 11.8 Å². The Labute approximate surface area is 74.3 Å². The van der Waals surface area contributed by atoms with E-state index in [1.165, 1.54) is 25.1 Å². The van der Waals surface area contributed by atoms with Crippen molar-refractivity contribution in [2.45, 2.75) is 12.1 Å². The molecule has 0 atom stereocenters. The Bertz CT molecular complexity index is 271. The van der Waals surface area contributed by atoms with Crippen LogP contribution < -0.4 is 0 Å². The molecule has 0 fully saturated rings. The fraction of sp³-hybridized carbons (Fsp3) is 0.429. The molecule has 0 radical (unpaired) electrons. The van der Waals surface area contributed by atoms with E-state index in [9.17, 15) is 4.79 Å². The zero-order valence-electron chi connectivity index (χ0n) is 6.86. The summed E-state index contributed by atoms with van der Waals surface area (Å²) in [6.07, 6.45) is 1.36. The van der Waals surface area contributed by atoms with Crippen molar-refractivity contribution in [3.63, 3.8) is 0 Å². The molecule has 0 aliphatic rings. The quantitative estimate of drug-likeness (QED) is 0.531. The molecule has 0 aliphatic heterocycles. The van der Waals surface area contributed by atoms with Gasteiger partial charge in [0.1, 0.15) is 0 Å². The average Bonchev–Trinajstić information content (AvgIpc) is 2.52. The lowest BCUT2D eigenvalue weighted by Gasteiger charge is -1.91. The lowest BCUT2D eigenvalue weighted by atomic mass is 10.5. The zero-order valence-corrected chi connectivity index (χ0v) is 7.68. The van der Waals surface area contributed by atoms with Gasteiger partial charge in [-0.25, -0.2) is 9.78 Å². The minimum absolute atomic E-state index is 0.147. The van der Waals surface area contributed by atoms with Crippen molar-refractivity contribution in [2.24, 2.45) is 0 Å². The number of carbonyl (C=O) groups is 1. The summed E-state index contributed by atoms with van der Waals surface area (Å²) in [6.45, 7) is 1.98. The average molecular weight is 187 g/mol. The number of carbonyl (C=O) groups excluding carboxylic acids is 1. The maximum Gasteiger partial charge on any atom is 0.375 e. The van der Waals surface area contributed by atoms with Crippen LogP contribution in [0.2, 0.25) is 0 Å². The van der Waals surface area contributed by atoms with Gasteiger partial charge in [0, 0.05) is 0 Å². The third kappa shape index (κ3) is 2.01. The van der Waals surface area contributed by atoms with Crippen LogP contribution in [0.1, 0.15) is 17.5 Å². The van der Waals surface area contributed by atoms with Gasteiger partial charge in [0.25, 0.3) is 5.22 Å². The molecule has 0 aromatic carbocycles. The van der Waals surface area contributed by atoms with Crippen molar-refractivity contribution in [3.8, 4) is 0 Å². The first kappa shape index (κ1) is 9.12. The smallest absolute Gasteiger partial charge is 0.375 e. The summed E-state index contributed by atoms with van der Waals surface area (Å²) in [4.78, 5) is 14.7. The fourth-order valence-electron chi connectivity index (χ4n) is 0.643. The second kappa shape index (κ2) is 4.15. The van der Waals surface area contributed by atoms with E-state index in [4.69, 9.17) is 4.42 Å². The third-order valence-corrected chi connectivity index (χ3v) is 1.86. The normalized spacial score (nSPS) is 9.83. The molecule has 12 heavy (non-hydrogen) atoms. The second-order valence-electron chi connectivity index (χ2n) is 1.92. The second-order valence-corrected chi connectivity index (χ2v) is 3.13. The lowest BCUT2D eigenvalue weighted by molar-refractivity contribution is 0.0559. The minimum atomic E-state index is -0.495. The molecule has 1 heterocycles. The number of nitrogens with zero attached hydrogens (tertiary/aromatic N) is 1. The highest BCUT2D eigenvalue weighted by Crippen LogP contribution is 2.17. The molecule has 66 valence electrons. The van der Waals surface area contributed by atoms with E-state index in [0.717, 1.165) is 5.75 Å². The van der Waals surface area contributed by atoms with Crippen LogP contribution in [-0.2, 0) is 4.74 Å². The van der Waals surface area contributed by atoms with Crippen LogP contribution in [0.5, 0.6) is 0 Å². The number of thioether (sulfide) groups is 1. The monoisotopic (exact) mass is 187 g/mol. The van der Waals surface area contributed by atoms with E-state index in [-0.39, 0.29) is 5.76 Å². The van der Waals surface area contributed by atoms with E-state index < -0.39 is 5.97 Å². The van der Waals surface area contributed by atoms with Crippen molar-refractivity contribution >= 4 is 17.7 Å². The number of hydrogen-bond donors (Lipinski definition) is 0. The number of aromatic nitrogens is 1. The predicted octanol–water partition coefficient (Wildman–Crippen LogP) is 1.57. The van der Waals surface area contributed by atoms with Gasteiger partial charge >= 0.3 is 5.97 Å².